The molecule has 1 aromatic carbocycles. The van der Waals surface area contributed by atoms with Gasteiger partial charge in [0, 0.05) is 17.6 Å². The molecule has 0 radical (unpaired) electrons. The minimum absolute atomic E-state index is 0.212. The van der Waals surface area contributed by atoms with E-state index in [0.717, 1.165) is 5.69 Å². The van der Waals surface area contributed by atoms with Crippen molar-refractivity contribution in [1.29, 1.82) is 0 Å². The molecule has 0 saturated carbocycles. The number of aryl methyl sites for hydroxylation is 1. The molecule has 7 heteroatoms. The highest BCUT2D eigenvalue weighted by molar-refractivity contribution is 6.03. The van der Waals surface area contributed by atoms with Crippen LogP contribution in [-0.2, 0) is 0 Å². The number of benzene rings is 1. The summed E-state index contributed by atoms with van der Waals surface area (Å²) in [6, 6.07) is 9.27. The van der Waals surface area contributed by atoms with Gasteiger partial charge in [-0.3, -0.25) is 9.78 Å². The second-order valence-corrected chi connectivity index (χ2v) is 5.05. The van der Waals surface area contributed by atoms with Gasteiger partial charge in [-0.1, -0.05) is 5.21 Å². The molecule has 0 unspecified atom stereocenters. The fourth-order valence-corrected chi connectivity index (χ4v) is 2.18. The van der Waals surface area contributed by atoms with E-state index in [4.69, 9.17) is 0 Å². The highest BCUT2D eigenvalue weighted by Crippen LogP contribution is 2.15. The van der Waals surface area contributed by atoms with Gasteiger partial charge in [0.1, 0.15) is 5.82 Å². The number of rotatable bonds is 3. The molecule has 0 aliphatic rings. The zero-order valence-electron chi connectivity index (χ0n) is 12.6. The molecule has 0 bridgehead atoms. The molecule has 0 atom stereocenters. The molecule has 2 heterocycles. The normalized spacial score (nSPS) is 10.6. The Labute approximate surface area is 132 Å². The number of amides is 1. The summed E-state index contributed by atoms with van der Waals surface area (Å²) >= 11 is 0. The number of carbonyl (C=O) groups excluding carboxylic acids is 1. The number of hydrogen-bond donors (Lipinski definition) is 1. The lowest BCUT2D eigenvalue weighted by Crippen LogP contribution is -2.14. The fourth-order valence-electron chi connectivity index (χ4n) is 2.18. The molecule has 23 heavy (non-hydrogen) atoms. The second-order valence-electron chi connectivity index (χ2n) is 5.05. The van der Waals surface area contributed by atoms with Crippen molar-refractivity contribution in [3.63, 3.8) is 0 Å². The number of halogens is 1. The summed E-state index contributed by atoms with van der Waals surface area (Å²) in [4.78, 5) is 16.4. The molecular weight excluding hydrogens is 297 g/mol. The third-order valence-electron chi connectivity index (χ3n) is 3.34. The number of aromatic nitrogens is 4. The van der Waals surface area contributed by atoms with Gasteiger partial charge in [-0.25, -0.2) is 9.07 Å². The molecule has 3 rings (SSSR count). The van der Waals surface area contributed by atoms with E-state index in [2.05, 4.69) is 20.6 Å². The van der Waals surface area contributed by atoms with Crippen LogP contribution in [0.4, 0.5) is 10.1 Å². The lowest BCUT2D eigenvalue weighted by molar-refractivity contribution is 0.102. The van der Waals surface area contributed by atoms with Crippen molar-refractivity contribution in [3.05, 3.63) is 65.5 Å². The lowest BCUT2D eigenvalue weighted by Gasteiger charge is -2.05. The number of carbonyl (C=O) groups is 1. The molecule has 1 N–H and O–H groups in total. The van der Waals surface area contributed by atoms with Crippen LogP contribution < -0.4 is 5.32 Å². The average Bonchev–Trinajstić information content (AvgIpc) is 2.90. The summed E-state index contributed by atoms with van der Waals surface area (Å²) < 4.78 is 14.5. The zero-order valence-corrected chi connectivity index (χ0v) is 12.6. The van der Waals surface area contributed by atoms with Crippen LogP contribution in [0.25, 0.3) is 5.69 Å². The molecule has 0 spiro atoms. The second kappa shape index (κ2) is 5.96. The Morgan fingerprint density at radius 2 is 1.91 bits per heavy atom. The highest BCUT2D eigenvalue weighted by atomic mass is 19.1. The van der Waals surface area contributed by atoms with Gasteiger partial charge < -0.3 is 5.32 Å². The van der Waals surface area contributed by atoms with Gasteiger partial charge >= 0.3 is 0 Å². The Hall–Kier alpha value is -3.09. The van der Waals surface area contributed by atoms with E-state index in [1.54, 1.807) is 37.4 Å². The summed E-state index contributed by atoms with van der Waals surface area (Å²) in [5, 5.41) is 10.7. The van der Waals surface area contributed by atoms with Crippen molar-refractivity contribution < 1.29 is 9.18 Å². The Morgan fingerprint density at radius 1 is 1.17 bits per heavy atom. The third kappa shape index (κ3) is 3.08. The van der Waals surface area contributed by atoms with Crippen LogP contribution in [0.1, 0.15) is 21.9 Å². The van der Waals surface area contributed by atoms with Crippen molar-refractivity contribution in [2.45, 2.75) is 13.8 Å². The van der Waals surface area contributed by atoms with Crippen LogP contribution >= 0.6 is 0 Å². The number of anilines is 1. The van der Waals surface area contributed by atoms with Gasteiger partial charge in [0.2, 0.25) is 0 Å². The first kappa shape index (κ1) is 14.8. The molecule has 116 valence electrons. The predicted octanol–water partition coefficient (Wildman–Crippen LogP) is 2.67. The molecule has 0 aliphatic carbocycles. The van der Waals surface area contributed by atoms with Gasteiger partial charge in [-0.15, -0.1) is 5.10 Å². The Kier molecular flexibility index (Phi) is 3.84. The van der Waals surface area contributed by atoms with E-state index in [9.17, 15) is 9.18 Å². The van der Waals surface area contributed by atoms with Crippen molar-refractivity contribution in [2.75, 3.05) is 5.32 Å². The lowest BCUT2D eigenvalue weighted by atomic mass is 10.2. The highest BCUT2D eigenvalue weighted by Gasteiger charge is 2.17. The molecule has 2 aromatic heterocycles. The molecule has 1 amide bonds. The van der Waals surface area contributed by atoms with Crippen molar-refractivity contribution >= 4 is 11.6 Å². The Morgan fingerprint density at radius 3 is 2.61 bits per heavy atom. The SMILES string of the molecule is Cc1cc(NC(=O)c2nnn(-c3ccc(F)cc3)c2C)ccn1. The number of pyridine rings is 1. The van der Waals surface area contributed by atoms with Gasteiger partial charge in [0.05, 0.1) is 11.4 Å². The van der Waals surface area contributed by atoms with E-state index < -0.39 is 0 Å². The maximum Gasteiger partial charge on any atom is 0.278 e. The Bertz CT molecular complexity index is 857. The number of nitrogens with one attached hydrogen (secondary N) is 1. The summed E-state index contributed by atoms with van der Waals surface area (Å²) in [6.07, 6.45) is 1.62. The van der Waals surface area contributed by atoms with E-state index >= 15 is 0 Å². The molecule has 3 aromatic rings. The molecule has 6 nitrogen and oxygen atoms in total. The molecule has 0 fully saturated rings. The van der Waals surface area contributed by atoms with Crippen LogP contribution in [0.15, 0.2) is 42.6 Å². The summed E-state index contributed by atoms with van der Waals surface area (Å²) in [6.45, 7) is 3.57. The molecule has 0 aliphatic heterocycles. The van der Waals surface area contributed by atoms with E-state index in [1.165, 1.54) is 16.8 Å². The first-order valence-electron chi connectivity index (χ1n) is 6.97. The van der Waals surface area contributed by atoms with E-state index in [0.29, 0.717) is 17.1 Å². The molecular formula is C16H14FN5O. The minimum Gasteiger partial charge on any atom is -0.320 e. The largest absolute Gasteiger partial charge is 0.320 e. The Balaban J connectivity index is 1.86. The predicted molar refractivity (Wildman–Crippen MR) is 83.0 cm³/mol. The smallest absolute Gasteiger partial charge is 0.278 e. The van der Waals surface area contributed by atoms with Crippen molar-refractivity contribution in [1.82, 2.24) is 20.0 Å². The maximum absolute atomic E-state index is 13.0. The number of hydrogen-bond acceptors (Lipinski definition) is 4. The van der Waals surface area contributed by atoms with E-state index in [1.807, 2.05) is 6.92 Å². The van der Waals surface area contributed by atoms with Gasteiger partial charge in [-0.2, -0.15) is 0 Å². The zero-order chi connectivity index (χ0) is 16.4. The third-order valence-corrected chi connectivity index (χ3v) is 3.34. The molecule has 0 saturated heterocycles. The van der Waals surface area contributed by atoms with Crippen LogP contribution in [0.3, 0.4) is 0 Å². The summed E-state index contributed by atoms with van der Waals surface area (Å²) in [7, 11) is 0. The van der Waals surface area contributed by atoms with Crippen molar-refractivity contribution in [2.24, 2.45) is 0 Å². The van der Waals surface area contributed by atoms with Crippen LogP contribution in [0.5, 0.6) is 0 Å². The van der Waals surface area contributed by atoms with Crippen LogP contribution in [0, 0.1) is 19.7 Å². The van der Waals surface area contributed by atoms with Gasteiger partial charge in [0.25, 0.3) is 5.91 Å². The van der Waals surface area contributed by atoms with Crippen LogP contribution in [-0.4, -0.2) is 25.9 Å². The number of nitrogens with zero attached hydrogens (tertiary/aromatic N) is 4. The van der Waals surface area contributed by atoms with E-state index in [-0.39, 0.29) is 17.4 Å². The monoisotopic (exact) mass is 311 g/mol. The van der Waals surface area contributed by atoms with Gasteiger partial charge in [0.15, 0.2) is 5.69 Å². The minimum atomic E-state index is -0.360. The topological polar surface area (TPSA) is 72.7 Å². The first-order chi connectivity index (χ1) is 11.0. The maximum atomic E-state index is 13.0. The van der Waals surface area contributed by atoms with Gasteiger partial charge in [-0.05, 0) is 50.2 Å². The summed E-state index contributed by atoms with van der Waals surface area (Å²) in [5.74, 6) is -0.695. The average molecular weight is 311 g/mol. The fraction of sp³-hybridized carbons (Fsp3) is 0.125. The standard InChI is InChI=1S/C16H14FN5O/c1-10-9-13(7-8-18-10)19-16(23)15-11(2)22(21-20-15)14-5-3-12(17)4-6-14/h3-9H,1-2H3,(H,18,19,23). The summed E-state index contributed by atoms with van der Waals surface area (Å²) in [5.41, 5.74) is 2.85. The van der Waals surface area contributed by atoms with Crippen molar-refractivity contribution in [3.8, 4) is 5.69 Å². The first-order valence-corrected chi connectivity index (χ1v) is 6.97. The quantitative estimate of drug-likeness (QED) is 0.807. The van der Waals surface area contributed by atoms with Crippen LogP contribution in [0.2, 0.25) is 0 Å².